The molecule has 0 bridgehead atoms. The highest BCUT2D eigenvalue weighted by Crippen LogP contribution is 2.20. The van der Waals surface area contributed by atoms with Crippen LogP contribution < -0.4 is 9.62 Å². The fraction of sp³-hybridized carbons (Fsp3) is 0.632. The third-order valence-corrected chi connectivity index (χ3v) is 6.83. The van der Waals surface area contributed by atoms with Crippen molar-refractivity contribution in [1.29, 1.82) is 0 Å². The first kappa shape index (κ1) is 21.7. The molecule has 1 aliphatic rings. The van der Waals surface area contributed by atoms with Gasteiger partial charge in [0.1, 0.15) is 6.54 Å². The number of anilines is 1. The Bertz CT molecular complexity index is 719. The van der Waals surface area contributed by atoms with Gasteiger partial charge in [-0.1, -0.05) is 24.1 Å². The van der Waals surface area contributed by atoms with Gasteiger partial charge in [-0.05, 0) is 45.4 Å². The van der Waals surface area contributed by atoms with Crippen molar-refractivity contribution in [3.05, 3.63) is 29.8 Å². The second kappa shape index (κ2) is 9.52. The Labute approximate surface area is 163 Å². The molecule has 27 heavy (non-hydrogen) atoms. The van der Waals surface area contributed by atoms with Gasteiger partial charge in [-0.25, -0.2) is 4.31 Å². The van der Waals surface area contributed by atoms with Crippen LogP contribution in [-0.2, 0) is 15.0 Å². The lowest BCUT2D eigenvalue weighted by molar-refractivity contribution is -0.119. The van der Waals surface area contributed by atoms with Gasteiger partial charge in [0, 0.05) is 33.2 Å². The lowest BCUT2D eigenvalue weighted by Crippen LogP contribution is -2.47. The number of hydrogen-bond acceptors (Lipinski definition) is 4. The van der Waals surface area contributed by atoms with E-state index in [-0.39, 0.29) is 12.5 Å². The normalized spacial score (nSPS) is 18.5. The molecule has 1 heterocycles. The molecule has 0 aromatic heterocycles. The molecule has 0 spiro atoms. The largest absolute Gasteiger partial charge is 0.353 e. The Balaban J connectivity index is 1.99. The van der Waals surface area contributed by atoms with Crippen molar-refractivity contribution >= 4 is 21.8 Å². The highest BCUT2D eigenvalue weighted by Gasteiger charge is 2.27. The van der Waals surface area contributed by atoms with E-state index in [4.69, 9.17) is 0 Å². The minimum atomic E-state index is -3.76. The van der Waals surface area contributed by atoms with Crippen molar-refractivity contribution in [2.75, 3.05) is 44.6 Å². The molecule has 8 heteroatoms. The van der Waals surface area contributed by atoms with Crippen molar-refractivity contribution in [3.8, 4) is 0 Å². The van der Waals surface area contributed by atoms with Gasteiger partial charge in [0.25, 0.3) is 0 Å². The van der Waals surface area contributed by atoms with E-state index in [0.717, 1.165) is 27.3 Å². The topological polar surface area (TPSA) is 73.0 Å². The molecule has 1 N–H and O–H groups in total. The van der Waals surface area contributed by atoms with Gasteiger partial charge >= 0.3 is 10.2 Å². The molecule has 1 saturated heterocycles. The third kappa shape index (κ3) is 5.92. The Morgan fingerprint density at radius 1 is 1.22 bits per heavy atom. The summed E-state index contributed by atoms with van der Waals surface area (Å²) in [6.07, 6.45) is 3.65. The lowest BCUT2D eigenvalue weighted by atomic mass is 10.0. The summed E-state index contributed by atoms with van der Waals surface area (Å²) in [7, 11) is -0.830. The number of amides is 1. The molecule has 1 aromatic carbocycles. The Morgan fingerprint density at radius 2 is 1.89 bits per heavy atom. The monoisotopic (exact) mass is 396 g/mol. The van der Waals surface area contributed by atoms with Gasteiger partial charge in [0.05, 0.1) is 5.69 Å². The SMILES string of the molecule is Cc1ccc(N(CC(=O)NCCN2CCCC[C@H]2C)S(=O)(=O)N(C)C)cc1. The van der Waals surface area contributed by atoms with Crippen LogP contribution in [-0.4, -0.2) is 69.8 Å². The molecular formula is C19H32N4O3S. The first-order chi connectivity index (χ1) is 12.7. The molecule has 1 aromatic rings. The predicted molar refractivity (Wildman–Crippen MR) is 109 cm³/mol. The molecule has 152 valence electrons. The summed E-state index contributed by atoms with van der Waals surface area (Å²) in [4.78, 5) is 14.8. The molecule has 1 atom stereocenters. The van der Waals surface area contributed by atoms with Crippen LogP contribution >= 0.6 is 0 Å². The molecule has 0 saturated carbocycles. The van der Waals surface area contributed by atoms with Crippen LogP contribution in [0.4, 0.5) is 5.69 Å². The number of benzene rings is 1. The summed E-state index contributed by atoms with van der Waals surface area (Å²) in [6, 6.07) is 7.65. The van der Waals surface area contributed by atoms with Crippen LogP contribution in [0.2, 0.25) is 0 Å². The molecule has 1 fully saturated rings. The number of nitrogens with one attached hydrogen (secondary N) is 1. The van der Waals surface area contributed by atoms with Gasteiger partial charge in [0.15, 0.2) is 0 Å². The molecule has 0 aliphatic carbocycles. The summed E-state index contributed by atoms with van der Waals surface area (Å²) >= 11 is 0. The second-order valence-electron chi connectivity index (χ2n) is 7.36. The molecular weight excluding hydrogens is 364 g/mol. The molecule has 0 radical (unpaired) electrons. The van der Waals surface area contributed by atoms with E-state index in [2.05, 4.69) is 17.1 Å². The second-order valence-corrected chi connectivity index (χ2v) is 9.43. The number of hydrogen-bond donors (Lipinski definition) is 1. The summed E-state index contributed by atoms with van der Waals surface area (Å²) in [5.74, 6) is -0.300. The fourth-order valence-corrected chi connectivity index (χ4v) is 4.29. The van der Waals surface area contributed by atoms with Crippen molar-refractivity contribution < 1.29 is 13.2 Å². The van der Waals surface area contributed by atoms with E-state index < -0.39 is 10.2 Å². The van der Waals surface area contributed by atoms with Crippen LogP contribution in [0.5, 0.6) is 0 Å². The van der Waals surface area contributed by atoms with E-state index in [0.29, 0.717) is 18.3 Å². The number of rotatable bonds is 8. The van der Waals surface area contributed by atoms with E-state index >= 15 is 0 Å². The van der Waals surface area contributed by atoms with E-state index in [1.807, 2.05) is 19.1 Å². The average Bonchev–Trinajstić information content (AvgIpc) is 2.62. The fourth-order valence-electron chi connectivity index (χ4n) is 3.23. The van der Waals surface area contributed by atoms with Gasteiger partial charge in [0.2, 0.25) is 5.91 Å². The van der Waals surface area contributed by atoms with Gasteiger partial charge < -0.3 is 5.32 Å². The van der Waals surface area contributed by atoms with Crippen LogP contribution in [0.1, 0.15) is 31.7 Å². The summed E-state index contributed by atoms with van der Waals surface area (Å²) in [5.41, 5.74) is 1.51. The summed E-state index contributed by atoms with van der Waals surface area (Å²) in [6.45, 7) is 6.28. The van der Waals surface area contributed by atoms with Crippen molar-refractivity contribution in [3.63, 3.8) is 0 Å². The lowest BCUT2D eigenvalue weighted by Gasteiger charge is -2.33. The van der Waals surface area contributed by atoms with Crippen molar-refractivity contribution in [1.82, 2.24) is 14.5 Å². The summed E-state index contributed by atoms with van der Waals surface area (Å²) in [5, 5.41) is 2.87. The standard InChI is InChI=1S/C19H32N4O3S/c1-16-8-10-18(11-9-16)23(27(25,26)21(3)4)15-19(24)20-12-14-22-13-6-5-7-17(22)2/h8-11,17H,5-7,12-15H2,1-4H3,(H,20,24)/t17-/m1/s1. The van der Waals surface area contributed by atoms with E-state index in [1.165, 1.54) is 33.4 Å². The highest BCUT2D eigenvalue weighted by molar-refractivity contribution is 7.90. The zero-order valence-corrected chi connectivity index (χ0v) is 17.6. The first-order valence-electron chi connectivity index (χ1n) is 9.49. The van der Waals surface area contributed by atoms with Crippen LogP contribution in [0.15, 0.2) is 24.3 Å². The summed E-state index contributed by atoms with van der Waals surface area (Å²) < 4.78 is 27.6. The number of piperidine rings is 1. The molecule has 0 unspecified atom stereocenters. The molecule has 2 rings (SSSR count). The first-order valence-corrected chi connectivity index (χ1v) is 10.9. The maximum absolute atomic E-state index is 12.7. The van der Waals surface area contributed by atoms with Gasteiger partial charge in [-0.2, -0.15) is 12.7 Å². The Hall–Kier alpha value is -1.64. The van der Waals surface area contributed by atoms with Crippen LogP contribution in [0.25, 0.3) is 0 Å². The maximum atomic E-state index is 12.7. The Kier molecular flexibility index (Phi) is 7.64. The van der Waals surface area contributed by atoms with Crippen LogP contribution in [0, 0.1) is 6.92 Å². The van der Waals surface area contributed by atoms with Crippen molar-refractivity contribution in [2.24, 2.45) is 0 Å². The maximum Gasteiger partial charge on any atom is 0.304 e. The number of carbonyl (C=O) groups is 1. The zero-order chi connectivity index (χ0) is 20.0. The smallest absolute Gasteiger partial charge is 0.304 e. The zero-order valence-electron chi connectivity index (χ0n) is 16.8. The van der Waals surface area contributed by atoms with E-state index in [1.54, 1.807) is 12.1 Å². The molecule has 7 nitrogen and oxygen atoms in total. The van der Waals surface area contributed by atoms with Crippen LogP contribution in [0.3, 0.4) is 0 Å². The highest BCUT2D eigenvalue weighted by atomic mass is 32.2. The number of aryl methyl sites for hydroxylation is 1. The van der Waals surface area contributed by atoms with E-state index in [9.17, 15) is 13.2 Å². The minimum Gasteiger partial charge on any atom is -0.353 e. The van der Waals surface area contributed by atoms with Crippen molar-refractivity contribution in [2.45, 2.75) is 39.2 Å². The quantitative estimate of drug-likeness (QED) is 0.724. The number of likely N-dealkylation sites (tertiary alicyclic amines) is 1. The van der Waals surface area contributed by atoms with Gasteiger partial charge in [-0.3, -0.25) is 9.69 Å². The number of carbonyl (C=O) groups excluding carboxylic acids is 1. The number of nitrogens with zero attached hydrogens (tertiary/aromatic N) is 3. The molecule has 1 aliphatic heterocycles. The predicted octanol–water partition coefficient (Wildman–Crippen LogP) is 1.60. The third-order valence-electron chi connectivity index (χ3n) is 5.01. The molecule has 1 amide bonds. The average molecular weight is 397 g/mol. The minimum absolute atomic E-state index is 0.237. The van der Waals surface area contributed by atoms with Gasteiger partial charge in [-0.15, -0.1) is 0 Å². The Morgan fingerprint density at radius 3 is 2.48 bits per heavy atom.